The molecule has 92 valence electrons. The van der Waals surface area contributed by atoms with Crippen molar-refractivity contribution in [3.05, 3.63) is 12.0 Å². The molecule has 6 nitrogen and oxygen atoms in total. The van der Waals surface area contributed by atoms with Gasteiger partial charge in [-0.3, -0.25) is 0 Å². The van der Waals surface area contributed by atoms with Gasteiger partial charge in [0.15, 0.2) is 11.0 Å². The van der Waals surface area contributed by atoms with E-state index < -0.39 is 0 Å². The van der Waals surface area contributed by atoms with Gasteiger partial charge in [0.05, 0.1) is 23.7 Å². The van der Waals surface area contributed by atoms with Crippen molar-refractivity contribution in [3.63, 3.8) is 0 Å². The van der Waals surface area contributed by atoms with Crippen molar-refractivity contribution in [2.45, 2.75) is 20.4 Å². The second-order valence-corrected chi connectivity index (χ2v) is 4.49. The molecule has 0 aliphatic rings. The van der Waals surface area contributed by atoms with Gasteiger partial charge in [-0.25, -0.2) is 14.6 Å². The maximum absolute atomic E-state index is 8.95. The monoisotopic (exact) mass is 253 g/mol. The van der Waals surface area contributed by atoms with Crippen LogP contribution in [0.1, 0.15) is 12.6 Å². The van der Waals surface area contributed by atoms with E-state index in [1.54, 1.807) is 16.0 Å². The van der Waals surface area contributed by atoms with Gasteiger partial charge < -0.3 is 10.4 Å². The van der Waals surface area contributed by atoms with E-state index in [1.807, 2.05) is 13.8 Å². The van der Waals surface area contributed by atoms with E-state index in [0.717, 1.165) is 28.1 Å². The van der Waals surface area contributed by atoms with E-state index in [0.29, 0.717) is 6.54 Å². The van der Waals surface area contributed by atoms with Crippen molar-refractivity contribution in [1.29, 1.82) is 0 Å². The molecule has 0 saturated carbocycles. The van der Waals surface area contributed by atoms with Crippen LogP contribution in [0, 0.1) is 6.92 Å². The molecule has 2 aromatic heterocycles. The number of aliphatic hydroxyl groups excluding tert-OH is 1. The number of aromatic nitrogens is 4. The number of anilines is 1. The smallest absolute Gasteiger partial charge is 0.183 e. The minimum absolute atomic E-state index is 0.0499. The average molecular weight is 253 g/mol. The lowest BCUT2D eigenvalue weighted by molar-refractivity contribution is 0.270. The Balaban J connectivity index is 2.34. The third-order valence-corrected chi connectivity index (χ3v) is 3.37. The summed E-state index contributed by atoms with van der Waals surface area (Å²) < 4.78 is 1.69. The fraction of sp³-hybridized carbons (Fsp3) is 0.500. The molecule has 2 rings (SSSR count). The van der Waals surface area contributed by atoms with E-state index in [2.05, 4.69) is 20.4 Å². The van der Waals surface area contributed by atoms with Gasteiger partial charge in [-0.1, -0.05) is 11.3 Å². The minimum Gasteiger partial charge on any atom is -0.394 e. The minimum atomic E-state index is 0.0499. The third-order valence-electron chi connectivity index (χ3n) is 2.26. The van der Waals surface area contributed by atoms with Crippen LogP contribution in [0.25, 0.3) is 10.7 Å². The fourth-order valence-corrected chi connectivity index (χ4v) is 2.56. The number of thiazole rings is 1. The van der Waals surface area contributed by atoms with Crippen LogP contribution in [-0.4, -0.2) is 38.0 Å². The molecule has 0 amide bonds. The molecular weight excluding hydrogens is 238 g/mol. The lowest BCUT2D eigenvalue weighted by Gasteiger charge is -2.01. The lowest BCUT2D eigenvalue weighted by atomic mass is 10.4. The molecule has 7 heteroatoms. The Morgan fingerprint density at radius 2 is 2.35 bits per heavy atom. The first-order valence-electron chi connectivity index (χ1n) is 5.46. The number of hydrogen-bond acceptors (Lipinski definition) is 6. The molecule has 0 saturated heterocycles. The number of nitrogens with zero attached hydrogens (tertiary/aromatic N) is 4. The first-order valence-corrected chi connectivity index (χ1v) is 6.28. The molecule has 0 aliphatic heterocycles. The van der Waals surface area contributed by atoms with Gasteiger partial charge in [0.25, 0.3) is 0 Å². The Hall–Kier alpha value is -1.47. The summed E-state index contributed by atoms with van der Waals surface area (Å²) in [6, 6.07) is 0. The summed E-state index contributed by atoms with van der Waals surface area (Å²) >= 11 is 1.55. The maximum atomic E-state index is 8.95. The number of aliphatic hydroxyl groups is 1. The largest absolute Gasteiger partial charge is 0.394 e. The summed E-state index contributed by atoms with van der Waals surface area (Å²) in [7, 11) is 0. The zero-order chi connectivity index (χ0) is 12.3. The topological polar surface area (TPSA) is 75.9 Å². The summed E-state index contributed by atoms with van der Waals surface area (Å²) in [5.41, 5.74) is 0.929. The quantitative estimate of drug-likeness (QED) is 0.835. The molecular formula is C10H15N5OS. The van der Waals surface area contributed by atoms with Crippen molar-refractivity contribution in [3.8, 4) is 10.7 Å². The molecule has 0 radical (unpaired) electrons. The number of rotatable bonds is 5. The summed E-state index contributed by atoms with van der Waals surface area (Å²) in [6.45, 7) is 5.32. The highest BCUT2D eigenvalue weighted by molar-refractivity contribution is 7.19. The normalized spacial score (nSPS) is 10.8. The Kier molecular flexibility index (Phi) is 3.70. The summed E-state index contributed by atoms with van der Waals surface area (Å²) in [5, 5.41) is 17.1. The van der Waals surface area contributed by atoms with E-state index in [1.165, 1.54) is 6.33 Å². The van der Waals surface area contributed by atoms with Crippen LogP contribution in [0.15, 0.2) is 6.33 Å². The number of nitrogens with one attached hydrogen (secondary N) is 1. The fourth-order valence-electron chi connectivity index (χ4n) is 1.53. The predicted octanol–water partition coefficient (Wildman–Crippen LogP) is 1.13. The van der Waals surface area contributed by atoms with E-state index in [9.17, 15) is 0 Å². The molecule has 2 heterocycles. The van der Waals surface area contributed by atoms with Crippen LogP contribution < -0.4 is 5.32 Å². The lowest BCUT2D eigenvalue weighted by Crippen LogP contribution is -2.05. The molecule has 0 bridgehead atoms. The third kappa shape index (κ3) is 2.45. The number of hydrogen-bond donors (Lipinski definition) is 2. The second kappa shape index (κ2) is 5.24. The van der Waals surface area contributed by atoms with Gasteiger partial charge in [0.1, 0.15) is 6.33 Å². The highest BCUT2D eigenvalue weighted by Crippen LogP contribution is 2.30. The van der Waals surface area contributed by atoms with Gasteiger partial charge in [0.2, 0.25) is 0 Å². The molecule has 0 spiro atoms. The second-order valence-electron chi connectivity index (χ2n) is 3.49. The Bertz CT molecular complexity index is 493. The molecule has 2 aromatic rings. The maximum Gasteiger partial charge on any atom is 0.183 e. The first kappa shape index (κ1) is 12.0. The van der Waals surface area contributed by atoms with E-state index in [-0.39, 0.29) is 6.61 Å². The van der Waals surface area contributed by atoms with Crippen molar-refractivity contribution in [2.24, 2.45) is 0 Å². The SMILES string of the molecule is CCNc1nc(C)c(-c2ncnn2CCO)s1. The predicted molar refractivity (Wildman–Crippen MR) is 67.1 cm³/mol. The van der Waals surface area contributed by atoms with E-state index in [4.69, 9.17) is 5.11 Å². The van der Waals surface area contributed by atoms with Crippen LogP contribution in [0.4, 0.5) is 5.13 Å². The Morgan fingerprint density at radius 3 is 3.06 bits per heavy atom. The van der Waals surface area contributed by atoms with Crippen molar-refractivity contribution >= 4 is 16.5 Å². The zero-order valence-electron chi connectivity index (χ0n) is 9.84. The van der Waals surface area contributed by atoms with E-state index >= 15 is 0 Å². The molecule has 0 unspecified atom stereocenters. The highest BCUT2D eigenvalue weighted by atomic mass is 32.1. The molecule has 0 fully saturated rings. The summed E-state index contributed by atoms with van der Waals surface area (Å²) in [5.74, 6) is 0.762. The standard InChI is InChI=1S/C10H15N5OS/c1-3-11-10-14-7(2)8(17-10)9-12-6-13-15(9)4-5-16/h6,16H,3-5H2,1-2H3,(H,11,14). The summed E-state index contributed by atoms with van der Waals surface area (Å²) in [6.07, 6.45) is 1.50. The summed E-state index contributed by atoms with van der Waals surface area (Å²) in [4.78, 5) is 9.64. The van der Waals surface area contributed by atoms with Crippen molar-refractivity contribution in [1.82, 2.24) is 19.7 Å². The van der Waals surface area contributed by atoms with Gasteiger partial charge in [-0.05, 0) is 13.8 Å². The molecule has 17 heavy (non-hydrogen) atoms. The van der Waals surface area contributed by atoms with Gasteiger partial charge >= 0.3 is 0 Å². The number of aryl methyl sites for hydroxylation is 1. The van der Waals surface area contributed by atoms with Crippen molar-refractivity contribution < 1.29 is 5.11 Å². The highest BCUT2D eigenvalue weighted by Gasteiger charge is 2.14. The van der Waals surface area contributed by atoms with Gasteiger partial charge in [0, 0.05) is 6.54 Å². The molecule has 0 aliphatic carbocycles. The van der Waals surface area contributed by atoms with Crippen LogP contribution in [0.3, 0.4) is 0 Å². The van der Waals surface area contributed by atoms with Crippen LogP contribution in [-0.2, 0) is 6.54 Å². The van der Waals surface area contributed by atoms with Crippen LogP contribution >= 0.6 is 11.3 Å². The Labute approximate surface area is 103 Å². The van der Waals surface area contributed by atoms with Crippen molar-refractivity contribution in [2.75, 3.05) is 18.5 Å². The van der Waals surface area contributed by atoms with Crippen LogP contribution in [0.5, 0.6) is 0 Å². The Morgan fingerprint density at radius 1 is 1.53 bits per heavy atom. The molecule has 0 aromatic carbocycles. The first-order chi connectivity index (χ1) is 8.26. The molecule has 0 atom stereocenters. The average Bonchev–Trinajstić information content (AvgIpc) is 2.86. The molecule has 2 N–H and O–H groups in total. The zero-order valence-corrected chi connectivity index (χ0v) is 10.7. The van der Waals surface area contributed by atoms with Gasteiger partial charge in [-0.15, -0.1) is 0 Å². The van der Waals surface area contributed by atoms with Crippen LogP contribution in [0.2, 0.25) is 0 Å². The van der Waals surface area contributed by atoms with Gasteiger partial charge in [-0.2, -0.15) is 5.10 Å².